The molecule has 2 aromatic rings. The van der Waals surface area contributed by atoms with E-state index in [1.807, 2.05) is 29.9 Å². The van der Waals surface area contributed by atoms with Crippen molar-refractivity contribution in [3.8, 4) is 0 Å². The molecule has 1 N–H and O–H groups in total. The standard InChI is InChI=1S/C18H23ClN2O4/c1-18(2,3)25-17(24)21(5)14(16(22)23)9-11-10-20(4)15-12(11)7-6-8-13(15)19/h6-8,10,14H,9H2,1-5H3,(H,22,23)/t14-/m1/s1. The van der Waals surface area contributed by atoms with Gasteiger partial charge in [0.1, 0.15) is 11.6 Å². The third-order valence-electron chi connectivity index (χ3n) is 3.88. The molecule has 0 spiro atoms. The van der Waals surface area contributed by atoms with Gasteiger partial charge in [-0.05, 0) is 32.4 Å². The first-order valence-corrected chi connectivity index (χ1v) is 8.30. The van der Waals surface area contributed by atoms with Crippen LogP contribution in [0.3, 0.4) is 0 Å². The number of nitrogens with zero attached hydrogens (tertiary/aromatic N) is 2. The zero-order valence-corrected chi connectivity index (χ0v) is 15.8. The number of benzene rings is 1. The number of likely N-dealkylation sites (N-methyl/N-ethyl adjacent to an activating group) is 1. The lowest BCUT2D eigenvalue weighted by molar-refractivity contribution is -0.142. The van der Waals surface area contributed by atoms with Crippen LogP contribution in [0.4, 0.5) is 4.79 Å². The second-order valence-corrected chi connectivity index (χ2v) is 7.46. The third-order valence-corrected chi connectivity index (χ3v) is 4.19. The Morgan fingerprint density at radius 2 is 2.00 bits per heavy atom. The third kappa shape index (κ3) is 4.25. The number of rotatable bonds is 4. The van der Waals surface area contributed by atoms with Crippen LogP contribution in [0.5, 0.6) is 0 Å². The molecule has 1 atom stereocenters. The van der Waals surface area contributed by atoms with Crippen molar-refractivity contribution in [1.29, 1.82) is 0 Å². The van der Waals surface area contributed by atoms with Gasteiger partial charge in [0.2, 0.25) is 0 Å². The smallest absolute Gasteiger partial charge is 0.410 e. The molecule has 1 amide bonds. The number of ether oxygens (including phenoxy) is 1. The zero-order valence-electron chi connectivity index (χ0n) is 15.0. The van der Waals surface area contributed by atoms with Crippen LogP contribution in [-0.4, -0.2) is 45.3 Å². The molecular weight excluding hydrogens is 344 g/mol. The SMILES string of the molecule is CN(C(=O)OC(C)(C)C)[C@H](Cc1cn(C)c2c(Cl)cccc12)C(=O)O. The Kier molecular flexibility index (Phi) is 5.32. The van der Waals surface area contributed by atoms with Crippen LogP contribution in [0.15, 0.2) is 24.4 Å². The molecule has 7 heteroatoms. The first kappa shape index (κ1) is 19.1. The number of aliphatic carboxylic acids is 1. The van der Waals surface area contributed by atoms with Gasteiger partial charge in [0.05, 0.1) is 10.5 Å². The second kappa shape index (κ2) is 6.96. The first-order chi connectivity index (χ1) is 11.5. The van der Waals surface area contributed by atoms with E-state index in [2.05, 4.69) is 0 Å². The molecular formula is C18H23ClN2O4. The van der Waals surface area contributed by atoms with Crippen LogP contribution in [0.25, 0.3) is 10.9 Å². The van der Waals surface area contributed by atoms with E-state index in [9.17, 15) is 14.7 Å². The van der Waals surface area contributed by atoms with E-state index in [0.29, 0.717) is 5.02 Å². The maximum atomic E-state index is 12.2. The summed E-state index contributed by atoms with van der Waals surface area (Å²) < 4.78 is 7.14. The number of carboxylic acids is 1. The zero-order chi connectivity index (χ0) is 18.9. The van der Waals surface area contributed by atoms with Crippen molar-refractivity contribution in [3.63, 3.8) is 0 Å². The highest BCUT2D eigenvalue weighted by atomic mass is 35.5. The maximum Gasteiger partial charge on any atom is 0.410 e. The Morgan fingerprint density at radius 1 is 1.36 bits per heavy atom. The number of aromatic nitrogens is 1. The molecule has 0 fully saturated rings. The average Bonchev–Trinajstić information content (AvgIpc) is 2.79. The lowest BCUT2D eigenvalue weighted by atomic mass is 10.0. The number of hydrogen-bond donors (Lipinski definition) is 1. The van der Waals surface area contributed by atoms with Gasteiger partial charge < -0.3 is 14.4 Å². The minimum absolute atomic E-state index is 0.156. The van der Waals surface area contributed by atoms with E-state index in [4.69, 9.17) is 16.3 Å². The Hall–Kier alpha value is -2.21. The predicted molar refractivity (Wildman–Crippen MR) is 97.1 cm³/mol. The summed E-state index contributed by atoms with van der Waals surface area (Å²) in [6.45, 7) is 5.21. The highest BCUT2D eigenvalue weighted by Gasteiger charge is 2.31. The molecule has 25 heavy (non-hydrogen) atoms. The van der Waals surface area contributed by atoms with Crippen molar-refractivity contribution in [3.05, 3.63) is 35.0 Å². The molecule has 0 saturated carbocycles. The Bertz CT molecular complexity index is 807. The quantitative estimate of drug-likeness (QED) is 0.895. The molecule has 1 aromatic heterocycles. The van der Waals surface area contributed by atoms with Gasteiger partial charge in [-0.25, -0.2) is 9.59 Å². The van der Waals surface area contributed by atoms with Gasteiger partial charge in [0, 0.05) is 32.1 Å². The van der Waals surface area contributed by atoms with Crippen molar-refractivity contribution in [1.82, 2.24) is 9.47 Å². The maximum absolute atomic E-state index is 12.2. The minimum Gasteiger partial charge on any atom is -0.480 e. The minimum atomic E-state index is -1.09. The van der Waals surface area contributed by atoms with Crippen LogP contribution in [0, 0.1) is 0 Å². The van der Waals surface area contributed by atoms with Crippen LogP contribution in [0.1, 0.15) is 26.3 Å². The molecule has 0 aliphatic rings. The molecule has 0 aliphatic heterocycles. The number of halogens is 1. The Morgan fingerprint density at radius 3 is 2.56 bits per heavy atom. The summed E-state index contributed by atoms with van der Waals surface area (Å²) in [4.78, 5) is 25.1. The fourth-order valence-corrected chi connectivity index (χ4v) is 3.03. The lowest BCUT2D eigenvalue weighted by Crippen LogP contribution is -2.46. The first-order valence-electron chi connectivity index (χ1n) is 7.92. The number of carbonyl (C=O) groups excluding carboxylic acids is 1. The Labute approximate surface area is 151 Å². The van der Waals surface area contributed by atoms with E-state index >= 15 is 0 Å². The predicted octanol–water partition coefficient (Wildman–Crippen LogP) is 3.69. The van der Waals surface area contributed by atoms with Gasteiger partial charge >= 0.3 is 12.1 Å². The van der Waals surface area contributed by atoms with Crippen LogP contribution >= 0.6 is 11.6 Å². The van der Waals surface area contributed by atoms with Gasteiger partial charge in [0.25, 0.3) is 0 Å². The van der Waals surface area contributed by atoms with Crippen molar-refractivity contribution in [2.24, 2.45) is 7.05 Å². The van der Waals surface area contributed by atoms with Gasteiger partial charge in [-0.1, -0.05) is 23.7 Å². The number of hydrogen-bond acceptors (Lipinski definition) is 3. The molecule has 1 heterocycles. The van der Waals surface area contributed by atoms with Gasteiger partial charge in [-0.2, -0.15) is 0 Å². The summed E-state index contributed by atoms with van der Waals surface area (Å²) in [5, 5.41) is 11.1. The highest BCUT2D eigenvalue weighted by molar-refractivity contribution is 6.35. The number of carboxylic acid groups (broad SMARTS) is 1. The number of para-hydroxylation sites is 1. The Balaban J connectivity index is 2.33. The summed E-state index contributed by atoms with van der Waals surface area (Å²) in [5.74, 6) is -1.09. The molecule has 0 aliphatic carbocycles. The van der Waals surface area contributed by atoms with E-state index in [1.54, 1.807) is 26.8 Å². The fourth-order valence-electron chi connectivity index (χ4n) is 2.72. The highest BCUT2D eigenvalue weighted by Crippen LogP contribution is 2.28. The normalized spacial score (nSPS) is 12.9. The molecule has 1 aromatic carbocycles. The van der Waals surface area contributed by atoms with Crippen LogP contribution < -0.4 is 0 Å². The van der Waals surface area contributed by atoms with Gasteiger partial charge in [0.15, 0.2) is 0 Å². The number of carbonyl (C=O) groups is 2. The monoisotopic (exact) mass is 366 g/mol. The van der Waals surface area contributed by atoms with Gasteiger partial charge in [-0.15, -0.1) is 0 Å². The second-order valence-electron chi connectivity index (χ2n) is 7.05. The molecule has 0 radical (unpaired) electrons. The average molecular weight is 367 g/mol. The van der Waals surface area contributed by atoms with E-state index in [1.165, 1.54) is 7.05 Å². The summed E-state index contributed by atoms with van der Waals surface area (Å²) in [6.07, 6.45) is 1.33. The van der Waals surface area contributed by atoms with Crippen LogP contribution in [-0.2, 0) is 23.0 Å². The topological polar surface area (TPSA) is 71.8 Å². The number of fused-ring (bicyclic) bond motifs is 1. The molecule has 6 nitrogen and oxygen atoms in total. The van der Waals surface area contributed by atoms with Crippen LogP contribution in [0.2, 0.25) is 5.02 Å². The molecule has 0 saturated heterocycles. The lowest BCUT2D eigenvalue weighted by Gasteiger charge is -2.28. The number of amides is 1. The van der Waals surface area contributed by atoms with Crippen molar-refractivity contribution in [2.75, 3.05) is 7.05 Å². The molecule has 0 bridgehead atoms. The summed E-state index contributed by atoms with van der Waals surface area (Å²) in [7, 11) is 3.29. The fraction of sp³-hybridized carbons (Fsp3) is 0.444. The largest absolute Gasteiger partial charge is 0.480 e. The van der Waals surface area contributed by atoms with E-state index in [0.717, 1.165) is 21.4 Å². The summed E-state index contributed by atoms with van der Waals surface area (Å²) in [5.41, 5.74) is 0.951. The van der Waals surface area contributed by atoms with E-state index in [-0.39, 0.29) is 6.42 Å². The van der Waals surface area contributed by atoms with E-state index < -0.39 is 23.7 Å². The summed E-state index contributed by atoms with van der Waals surface area (Å²) >= 11 is 6.24. The van der Waals surface area contributed by atoms with Crippen molar-refractivity contribution in [2.45, 2.75) is 38.8 Å². The molecule has 0 unspecified atom stereocenters. The van der Waals surface area contributed by atoms with Crippen molar-refractivity contribution < 1.29 is 19.4 Å². The number of aryl methyl sites for hydroxylation is 1. The van der Waals surface area contributed by atoms with Gasteiger partial charge in [-0.3, -0.25) is 4.90 Å². The summed E-state index contributed by atoms with van der Waals surface area (Å²) in [6, 6.07) is 4.46. The molecule has 136 valence electrons. The molecule has 2 rings (SSSR count). The van der Waals surface area contributed by atoms with Crippen molar-refractivity contribution >= 4 is 34.6 Å².